The smallest absolute Gasteiger partial charge is 0.142 e. The number of alkyl halides is 1. The number of nitrogens with zero attached hydrogens (tertiary/aromatic N) is 1. The zero-order chi connectivity index (χ0) is 12.1. The van der Waals surface area contributed by atoms with Gasteiger partial charge in [-0.2, -0.15) is 0 Å². The monoisotopic (exact) mass is 255 g/mol. The number of pyridine rings is 1. The summed E-state index contributed by atoms with van der Waals surface area (Å²) in [6.07, 6.45) is 3.63. The highest BCUT2D eigenvalue weighted by Gasteiger charge is 2.15. The molecule has 0 N–H and O–H groups in total. The van der Waals surface area contributed by atoms with Gasteiger partial charge in [0.15, 0.2) is 0 Å². The van der Waals surface area contributed by atoms with Crippen LogP contribution in [0.1, 0.15) is 30.7 Å². The van der Waals surface area contributed by atoms with Gasteiger partial charge in [-0.05, 0) is 31.9 Å². The van der Waals surface area contributed by atoms with Crippen molar-refractivity contribution in [2.45, 2.75) is 38.2 Å². The van der Waals surface area contributed by atoms with Crippen LogP contribution in [-0.4, -0.2) is 24.3 Å². The molecule has 94 valence electrons. The van der Waals surface area contributed by atoms with Gasteiger partial charge < -0.3 is 9.47 Å². The first-order valence-electron chi connectivity index (χ1n) is 6.06. The van der Waals surface area contributed by atoms with E-state index < -0.39 is 0 Å². The van der Waals surface area contributed by atoms with E-state index in [1.54, 1.807) is 0 Å². The van der Waals surface area contributed by atoms with Crippen molar-refractivity contribution in [3.63, 3.8) is 0 Å². The zero-order valence-corrected chi connectivity index (χ0v) is 10.9. The predicted octanol–water partition coefficient (Wildman–Crippen LogP) is 3.08. The van der Waals surface area contributed by atoms with Crippen LogP contribution in [0.25, 0.3) is 0 Å². The van der Waals surface area contributed by atoms with Gasteiger partial charge in [-0.1, -0.05) is 0 Å². The summed E-state index contributed by atoms with van der Waals surface area (Å²) in [6, 6.07) is 3.88. The molecular formula is C13H18ClNO2. The maximum absolute atomic E-state index is 5.84. The molecule has 1 fully saturated rings. The third kappa shape index (κ3) is 3.58. The number of aromatic nitrogens is 1. The minimum Gasteiger partial charge on any atom is -0.492 e. The predicted molar refractivity (Wildman–Crippen MR) is 67.6 cm³/mol. The van der Waals surface area contributed by atoms with E-state index in [0.717, 1.165) is 36.6 Å². The molecule has 4 heteroatoms. The highest BCUT2D eigenvalue weighted by Crippen LogP contribution is 2.20. The second-order valence-corrected chi connectivity index (χ2v) is 4.57. The van der Waals surface area contributed by atoms with Gasteiger partial charge in [0, 0.05) is 18.7 Å². The van der Waals surface area contributed by atoms with Crippen molar-refractivity contribution >= 4 is 11.6 Å². The summed E-state index contributed by atoms with van der Waals surface area (Å²) in [5.74, 6) is 1.18. The lowest BCUT2D eigenvalue weighted by molar-refractivity contribution is 0.0901. The second kappa shape index (κ2) is 6.22. The first-order chi connectivity index (χ1) is 8.29. The minimum absolute atomic E-state index is 0.368. The first-order valence-corrected chi connectivity index (χ1v) is 6.60. The van der Waals surface area contributed by atoms with E-state index in [9.17, 15) is 0 Å². The second-order valence-electron chi connectivity index (χ2n) is 4.30. The molecule has 2 heterocycles. The number of halogens is 1. The van der Waals surface area contributed by atoms with Gasteiger partial charge in [0.1, 0.15) is 5.75 Å². The van der Waals surface area contributed by atoms with E-state index in [2.05, 4.69) is 4.98 Å². The van der Waals surface area contributed by atoms with E-state index in [1.165, 1.54) is 6.42 Å². The molecule has 1 aromatic rings. The van der Waals surface area contributed by atoms with Crippen molar-refractivity contribution in [2.75, 3.05) is 13.2 Å². The Bertz CT molecular complexity index is 364. The Kier molecular flexibility index (Phi) is 4.63. The maximum Gasteiger partial charge on any atom is 0.142 e. The summed E-state index contributed by atoms with van der Waals surface area (Å²) in [7, 11) is 0. The molecule has 1 unspecified atom stereocenters. The Balaban J connectivity index is 1.85. The molecular weight excluding hydrogens is 238 g/mol. The molecule has 1 aliphatic heterocycles. The summed E-state index contributed by atoms with van der Waals surface area (Å²) in [5.41, 5.74) is 1.78. The van der Waals surface area contributed by atoms with Crippen molar-refractivity contribution in [1.29, 1.82) is 0 Å². The van der Waals surface area contributed by atoms with Gasteiger partial charge >= 0.3 is 0 Å². The summed E-state index contributed by atoms with van der Waals surface area (Å²) in [4.78, 5) is 4.35. The quantitative estimate of drug-likeness (QED) is 0.758. The molecule has 2 rings (SSSR count). The van der Waals surface area contributed by atoms with Crippen molar-refractivity contribution in [3.05, 3.63) is 23.5 Å². The molecule has 17 heavy (non-hydrogen) atoms. The number of rotatable bonds is 5. The highest BCUT2D eigenvalue weighted by molar-refractivity contribution is 6.17. The third-order valence-corrected chi connectivity index (χ3v) is 3.17. The Morgan fingerprint density at radius 3 is 3.12 bits per heavy atom. The van der Waals surface area contributed by atoms with Crippen LogP contribution in [0.4, 0.5) is 0 Å². The van der Waals surface area contributed by atoms with Gasteiger partial charge in [-0.3, -0.25) is 4.98 Å². The summed E-state index contributed by atoms with van der Waals surface area (Å²) in [5, 5.41) is 0. The lowest BCUT2D eigenvalue weighted by atomic mass is 10.2. The molecule has 3 nitrogen and oxygen atoms in total. The molecule has 1 aromatic heterocycles. The van der Waals surface area contributed by atoms with Gasteiger partial charge in [0.2, 0.25) is 0 Å². The fourth-order valence-corrected chi connectivity index (χ4v) is 2.19. The van der Waals surface area contributed by atoms with Crippen LogP contribution < -0.4 is 4.74 Å². The SMILES string of the molecule is Cc1ccc(OCCC2CCCO2)c(CCl)n1. The van der Waals surface area contributed by atoms with Crippen LogP contribution in [-0.2, 0) is 10.6 Å². The van der Waals surface area contributed by atoms with Crippen LogP contribution >= 0.6 is 11.6 Å². The maximum atomic E-state index is 5.84. The van der Waals surface area contributed by atoms with Gasteiger partial charge in [0.05, 0.1) is 24.3 Å². The molecule has 1 atom stereocenters. The zero-order valence-electron chi connectivity index (χ0n) is 10.1. The van der Waals surface area contributed by atoms with Crippen LogP contribution in [0.3, 0.4) is 0 Å². The number of hydrogen-bond acceptors (Lipinski definition) is 3. The van der Waals surface area contributed by atoms with Gasteiger partial charge in [-0.25, -0.2) is 0 Å². The molecule has 1 saturated heterocycles. The molecule has 1 aliphatic rings. The summed E-state index contributed by atoms with van der Waals surface area (Å²) < 4.78 is 11.3. The molecule has 0 spiro atoms. The van der Waals surface area contributed by atoms with E-state index >= 15 is 0 Å². The molecule has 0 aromatic carbocycles. The fraction of sp³-hybridized carbons (Fsp3) is 0.615. The lowest BCUT2D eigenvalue weighted by Crippen LogP contribution is -2.11. The largest absolute Gasteiger partial charge is 0.492 e. The van der Waals surface area contributed by atoms with Crippen molar-refractivity contribution in [3.8, 4) is 5.75 Å². The lowest BCUT2D eigenvalue weighted by Gasteiger charge is -2.12. The van der Waals surface area contributed by atoms with Crippen molar-refractivity contribution < 1.29 is 9.47 Å². The first kappa shape index (κ1) is 12.7. The number of ether oxygens (including phenoxy) is 2. The topological polar surface area (TPSA) is 31.4 Å². The van der Waals surface area contributed by atoms with Crippen molar-refractivity contribution in [2.24, 2.45) is 0 Å². The highest BCUT2D eigenvalue weighted by atomic mass is 35.5. The van der Waals surface area contributed by atoms with E-state index in [4.69, 9.17) is 21.1 Å². The normalized spacial score (nSPS) is 19.5. The minimum atomic E-state index is 0.368. The van der Waals surface area contributed by atoms with E-state index in [-0.39, 0.29) is 0 Å². The van der Waals surface area contributed by atoms with Crippen LogP contribution in [0.5, 0.6) is 5.75 Å². The molecule has 0 radical (unpaired) electrons. The summed E-state index contributed by atoms with van der Waals surface area (Å²) in [6.45, 7) is 3.51. The number of hydrogen-bond donors (Lipinski definition) is 0. The van der Waals surface area contributed by atoms with Crippen LogP contribution in [0, 0.1) is 6.92 Å². The van der Waals surface area contributed by atoms with Gasteiger partial charge in [0.25, 0.3) is 0 Å². The van der Waals surface area contributed by atoms with Crippen LogP contribution in [0.2, 0.25) is 0 Å². The third-order valence-electron chi connectivity index (χ3n) is 2.92. The summed E-state index contributed by atoms with van der Waals surface area (Å²) >= 11 is 5.84. The molecule has 0 aliphatic carbocycles. The Hall–Kier alpha value is -0.800. The Morgan fingerprint density at radius 2 is 2.41 bits per heavy atom. The van der Waals surface area contributed by atoms with Crippen molar-refractivity contribution in [1.82, 2.24) is 4.98 Å². The fourth-order valence-electron chi connectivity index (χ4n) is 2.00. The standard InChI is InChI=1S/C13H18ClNO2/c1-10-4-5-13(12(9-14)15-10)17-8-6-11-3-2-7-16-11/h4-5,11H,2-3,6-9H2,1H3. The van der Waals surface area contributed by atoms with E-state index in [1.807, 2.05) is 19.1 Å². The molecule has 0 amide bonds. The average Bonchev–Trinajstić information content (AvgIpc) is 2.84. The molecule has 0 saturated carbocycles. The Morgan fingerprint density at radius 1 is 1.53 bits per heavy atom. The molecule has 0 bridgehead atoms. The van der Waals surface area contributed by atoms with E-state index in [0.29, 0.717) is 18.6 Å². The average molecular weight is 256 g/mol. The van der Waals surface area contributed by atoms with Gasteiger partial charge in [-0.15, -0.1) is 11.6 Å². The van der Waals surface area contributed by atoms with Crippen LogP contribution in [0.15, 0.2) is 12.1 Å². The Labute approximate surface area is 107 Å². The number of aryl methyl sites for hydroxylation is 1.